The Balaban J connectivity index is 1.83. The first-order chi connectivity index (χ1) is 12.0. The Morgan fingerprint density at radius 2 is 2.00 bits per heavy atom. The van der Waals surface area contributed by atoms with Gasteiger partial charge in [-0.05, 0) is 35.8 Å². The third-order valence-electron chi connectivity index (χ3n) is 2.79. The lowest BCUT2D eigenvalue weighted by Crippen LogP contribution is -2.48. The van der Waals surface area contributed by atoms with Gasteiger partial charge < -0.3 is 0 Å². The number of amides is 2. The minimum atomic E-state index is -0.630. The summed E-state index contributed by atoms with van der Waals surface area (Å²) in [5.41, 5.74) is 4.47. The first-order valence-electron chi connectivity index (χ1n) is 6.83. The summed E-state index contributed by atoms with van der Waals surface area (Å²) in [4.78, 5) is 34.6. The largest absolute Gasteiger partial charge is 0.298 e. The van der Waals surface area contributed by atoms with Crippen LogP contribution in [0, 0.1) is 10.1 Å². The molecule has 0 saturated carbocycles. The number of rotatable bonds is 4. The quantitative estimate of drug-likeness (QED) is 0.326. The fraction of sp³-hybridized carbons (Fsp3) is 0. The summed E-state index contributed by atoms with van der Waals surface area (Å²) in [7, 11) is 0. The van der Waals surface area contributed by atoms with Crippen molar-refractivity contribution in [2.45, 2.75) is 0 Å². The average Bonchev–Trinajstić information content (AvgIpc) is 3.11. The maximum absolute atomic E-state index is 11.9. The number of hydrogen-bond acceptors (Lipinski definition) is 6. The van der Waals surface area contributed by atoms with E-state index in [1.807, 2.05) is 17.5 Å². The van der Waals surface area contributed by atoms with Gasteiger partial charge in [-0.1, -0.05) is 12.1 Å². The van der Waals surface area contributed by atoms with Gasteiger partial charge in [0.05, 0.1) is 4.92 Å². The summed E-state index contributed by atoms with van der Waals surface area (Å²) >= 11 is 6.36. The molecule has 1 aromatic heterocycles. The number of nitro groups is 1. The van der Waals surface area contributed by atoms with Crippen LogP contribution in [-0.2, 0) is 4.79 Å². The zero-order valence-corrected chi connectivity index (χ0v) is 14.2. The normalized spacial score (nSPS) is 10.2. The standard InChI is InChI=1S/C15H12N4O4S2/c20-13(7-6-12-5-2-8-25-12)16-15(24)18-17-14(21)10-3-1-4-11(9-10)19(22)23/h1-9H,(H,17,21)(H2,16,18,20,24)/b7-6+. The van der Waals surface area contributed by atoms with Gasteiger partial charge in [-0.2, -0.15) is 0 Å². The SMILES string of the molecule is O=C(/C=C/c1cccs1)NC(=S)NNC(=O)c1cccc([N+](=O)[O-])c1. The molecule has 128 valence electrons. The maximum atomic E-state index is 11.9. The molecule has 0 aliphatic carbocycles. The van der Waals surface area contributed by atoms with Gasteiger partial charge >= 0.3 is 0 Å². The highest BCUT2D eigenvalue weighted by atomic mass is 32.1. The number of non-ortho nitro benzene ring substituents is 1. The van der Waals surface area contributed by atoms with Crippen molar-refractivity contribution in [3.63, 3.8) is 0 Å². The van der Waals surface area contributed by atoms with Crippen molar-refractivity contribution < 1.29 is 14.5 Å². The molecule has 0 fully saturated rings. The van der Waals surface area contributed by atoms with Crippen LogP contribution in [0.5, 0.6) is 0 Å². The third kappa shape index (κ3) is 5.79. The highest BCUT2D eigenvalue weighted by molar-refractivity contribution is 7.80. The molecule has 2 rings (SSSR count). The second-order valence-electron chi connectivity index (χ2n) is 4.55. The predicted molar refractivity (Wildman–Crippen MR) is 97.8 cm³/mol. The molecule has 8 nitrogen and oxygen atoms in total. The van der Waals surface area contributed by atoms with Gasteiger partial charge in [0.25, 0.3) is 11.6 Å². The number of nitrogens with zero attached hydrogens (tertiary/aromatic N) is 1. The number of hydrogen-bond donors (Lipinski definition) is 3. The number of thiocarbonyl (C=S) groups is 1. The van der Waals surface area contributed by atoms with Crippen LogP contribution in [0.2, 0.25) is 0 Å². The molecular formula is C15H12N4O4S2. The number of thiophene rings is 1. The maximum Gasteiger partial charge on any atom is 0.270 e. The van der Waals surface area contributed by atoms with Gasteiger partial charge in [-0.25, -0.2) is 0 Å². The number of benzene rings is 1. The van der Waals surface area contributed by atoms with Crippen LogP contribution in [0.15, 0.2) is 47.9 Å². The van der Waals surface area contributed by atoms with Crippen molar-refractivity contribution in [3.8, 4) is 0 Å². The molecule has 2 aromatic rings. The summed E-state index contributed by atoms with van der Waals surface area (Å²) in [5, 5.41) is 14.8. The number of nitro benzene ring substituents is 1. The van der Waals surface area contributed by atoms with Gasteiger partial charge in [-0.3, -0.25) is 35.9 Å². The fourth-order valence-corrected chi connectivity index (χ4v) is 2.44. The Hall–Kier alpha value is -3.11. The van der Waals surface area contributed by atoms with Crippen LogP contribution in [0.4, 0.5) is 5.69 Å². The van der Waals surface area contributed by atoms with E-state index in [2.05, 4.69) is 16.2 Å². The summed E-state index contributed by atoms with van der Waals surface area (Å²) < 4.78 is 0. The highest BCUT2D eigenvalue weighted by Crippen LogP contribution is 2.12. The molecule has 0 radical (unpaired) electrons. The Morgan fingerprint density at radius 1 is 1.20 bits per heavy atom. The molecule has 25 heavy (non-hydrogen) atoms. The van der Waals surface area contributed by atoms with Gasteiger partial charge in [0.15, 0.2) is 5.11 Å². The zero-order valence-electron chi connectivity index (χ0n) is 12.6. The highest BCUT2D eigenvalue weighted by Gasteiger charge is 2.11. The van der Waals surface area contributed by atoms with Crippen LogP contribution in [0.25, 0.3) is 6.08 Å². The van der Waals surface area contributed by atoms with Crippen molar-refractivity contribution >= 4 is 52.2 Å². The minimum Gasteiger partial charge on any atom is -0.298 e. The van der Waals surface area contributed by atoms with Crippen LogP contribution in [0.3, 0.4) is 0 Å². The van der Waals surface area contributed by atoms with E-state index in [0.29, 0.717) is 0 Å². The molecule has 1 heterocycles. The second-order valence-corrected chi connectivity index (χ2v) is 5.94. The smallest absolute Gasteiger partial charge is 0.270 e. The number of carbonyl (C=O) groups is 2. The molecule has 2 amide bonds. The van der Waals surface area contributed by atoms with E-state index in [-0.39, 0.29) is 16.4 Å². The minimum absolute atomic E-state index is 0.0772. The Bertz CT molecular complexity index is 834. The number of hydrazine groups is 1. The molecule has 1 aromatic carbocycles. The number of nitrogens with one attached hydrogen (secondary N) is 3. The van der Waals surface area contributed by atoms with E-state index >= 15 is 0 Å². The van der Waals surface area contributed by atoms with Crippen LogP contribution < -0.4 is 16.2 Å². The zero-order chi connectivity index (χ0) is 18.2. The lowest BCUT2D eigenvalue weighted by molar-refractivity contribution is -0.384. The third-order valence-corrected chi connectivity index (χ3v) is 3.83. The Morgan fingerprint density at radius 3 is 2.68 bits per heavy atom. The van der Waals surface area contributed by atoms with Gasteiger partial charge in [-0.15, -0.1) is 11.3 Å². The van der Waals surface area contributed by atoms with Crippen molar-refractivity contribution in [1.82, 2.24) is 16.2 Å². The van der Waals surface area contributed by atoms with Crippen LogP contribution in [0.1, 0.15) is 15.2 Å². The van der Waals surface area contributed by atoms with E-state index in [4.69, 9.17) is 12.2 Å². The van der Waals surface area contributed by atoms with Crippen molar-refractivity contribution in [1.29, 1.82) is 0 Å². The summed E-state index contributed by atoms with van der Waals surface area (Å²) in [6.45, 7) is 0. The first-order valence-corrected chi connectivity index (χ1v) is 8.12. The molecule has 10 heteroatoms. The monoisotopic (exact) mass is 376 g/mol. The molecule has 0 spiro atoms. The lowest BCUT2D eigenvalue weighted by Gasteiger charge is -2.09. The Kier molecular flexibility index (Phi) is 6.32. The lowest BCUT2D eigenvalue weighted by atomic mass is 10.2. The van der Waals surface area contributed by atoms with Crippen LogP contribution >= 0.6 is 23.6 Å². The van der Waals surface area contributed by atoms with E-state index in [9.17, 15) is 19.7 Å². The van der Waals surface area contributed by atoms with Gasteiger partial charge in [0, 0.05) is 28.6 Å². The molecule has 0 aliphatic heterocycles. The van der Waals surface area contributed by atoms with Crippen molar-refractivity contribution in [2.75, 3.05) is 0 Å². The van der Waals surface area contributed by atoms with Crippen molar-refractivity contribution in [2.24, 2.45) is 0 Å². The van der Waals surface area contributed by atoms with Gasteiger partial charge in [0.2, 0.25) is 5.91 Å². The number of carbonyl (C=O) groups excluding carboxylic acids is 2. The fourth-order valence-electron chi connectivity index (χ4n) is 1.68. The van der Waals surface area contributed by atoms with E-state index in [1.165, 1.54) is 35.6 Å². The van der Waals surface area contributed by atoms with Crippen LogP contribution in [-0.4, -0.2) is 21.9 Å². The van der Waals surface area contributed by atoms with E-state index < -0.39 is 16.7 Å². The van der Waals surface area contributed by atoms with E-state index in [1.54, 1.807) is 6.08 Å². The average molecular weight is 376 g/mol. The molecule has 0 bridgehead atoms. The van der Waals surface area contributed by atoms with Gasteiger partial charge in [0.1, 0.15) is 0 Å². The summed E-state index contributed by atoms with van der Waals surface area (Å²) in [5.74, 6) is -1.09. The first kappa shape index (κ1) is 18.2. The predicted octanol–water partition coefficient (Wildman–Crippen LogP) is 2.01. The molecule has 0 atom stereocenters. The van der Waals surface area contributed by atoms with E-state index in [0.717, 1.165) is 10.9 Å². The summed E-state index contributed by atoms with van der Waals surface area (Å²) in [6.07, 6.45) is 2.94. The Labute approximate surface area is 151 Å². The molecule has 0 unspecified atom stereocenters. The second kappa shape index (κ2) is 8.66. The molecule has 0 saturated heterocycles. The topological polar surface area (TPSA) is 113 Å². The van der Waals surface area contributed by atoms with Crippen molar-refractivity contribution in [3.05, 3.63) is 68.4 Å². The molecule has 0 aliphatic rings. The summed E-state index contributed by atoms with van der Waals surface area (Å²) in [6, 6.07) is 8.91. The molecule has 3 N–H and O–H groups in total. The molecular weight excluding hydrogens is 364 g/mol.